The molecule has 0 spiro atoms. The van der Waals surface area contributed by atoms with Crippen LogP contribution in [0, 0.1) is 6.92 Å². The van der Waals surface area contributed by atoms with E-state index in [2.05, 4.69) is 9.97 Å². The average molecular weight is 541 g/mol. The fraction of sp³-hybridized carbons (Fsp3) is 0.231. The predicted molar refractivity (Wildman–Crippen MR) is 140 cm³/mol. The van der Waals surface area contributed by atoms with Crippen molar-refractivity contribution in [3.63, 3.8) is 0 Å². The summed E-state index contributed by atoms with van der Waals surface area (Å²) in [6, 6.07) is 14.4. The van der Waals surface area contributed by atoms with Crippen molar-refractivity contribution in [1.82, 2.24) is 14.3 Å². The number of sulfonamides is 1. The van der Waals surface area contributed by atoms with Gasteiger partial charge < -0.3 is 20.2 Å². The molecule has 4 aromatic rings. The van der Waals surface area contributed by atoms with Crippen LogP contribution in [0.5, 0.6) is 5.75 Å². The highest BCUT2D eigenvalue weighted by Gasteiger charge is 2.36. The fourth-order valence-corrected chi connectivity index (χ4v) is 6.46. The van der Waals surface area contributed by atoms with Crippen LogP contribution in [-0.2, 0) is 14.8 Å². The molecule has 1 aliphatic heterocycles. The molecule has 5 rings (SSSR count). The van der Waals surface area contributed by atoms with Gasteiger partial charge in [-0.1, -0.05) is 17.7 Å². The zero-order valence-corrected chi connectivity index (χ0v) is 21.6. The summed E-state index contributed by atoms with van der Waals surface area (Å²) in [7, 11) is -4.09. The highest BCUT2D eigenvalue weighted by molar-refractivity contribution is 7.89. The molecule has 2 aromatic heterocycles. The maximum absolute atomic E-state index is 13.7. The monoisotopic (exact) mass is 540 g/mol. The van der Waals surface area contributed by atoms with Crippen LogP contribution in [0.2, 0.25) is 5.02 Å². The number of H-pyrrole nitrogens is 1. The Morgan fingerprint density at radius 1 is 1.22 bits per heavy atom. The molecule has 1 amide bonds. The molecule has 0 saturated carbocycles. The smallest absolute Gasteiger partial charge is 0.266 e. The summed E-state index contributed by atoms with van der Waals surface area (Å²) < 4.78 is 40.4. The van der Waals surface area contributed by atoms with Crippen molar-refractivity contribution in [2.75, 3.05) is 26.3 Å². The molecule has 0 radical (unpaired) electrons. The van der Waals surface area contributed by atoms with E-state index in [1.807, 2.05) is 37.3 Å². The summed E-state index contributed by atoms with van der Waals surface area (Å²) in [6.07, 6.45) is 2.99. The van der Waals surface area contributed by atoms with Crippen molar-refractivity contribution in [1.29, 1.82) is 0 Å². The summed E-state index contributed by atoms with van der Waals surface area (Å²) in [5.74, 6) is -0.217. The van der Waals surface area contributed by atoms with Crippen LogP contribution in [0.3, 0.4) is 0 Å². The first kappa shape index (κ1) is 25.2. The zero-order valence-electron chi connectivity index (χ0n) is 20.0. The summed E-state index contributed by atoms with van der Waals surface area (Å²) in [4.78, 5) is 18.8. The lowest BCUT2D eigenvalue weighted by atomic mass is 10.0. The highest BCUT2D eigenvalue weighted by Crippen LogP contribution is 2.32. The molecule has 1 aliphatic rings. The van der Waals surface area contributed by atoms with Crippen molar-refractivity contribution >= 4 is 38.4 Å². The quantitative estimate of drug-likeness (QED) is 0.367. The van der Waals surface area contributed by atoms with Crippen LogP contribution in [0.15, 0.2) is 65.8 Å². The van der Waals surface area contributed by atoms with E-state index in [-0.39, 0.29) is 36.9 Å². The summed E-state index contributed by atoms with van der Waals surface area (Å²) in [6.45, 7) is 2.52. The van der Waals surface area contributed by atoms with Crippen LogP contribution in [0.25, 0.3) is 22.0 Å². The summed E-state index contributed by atoms with van der Waals surface area (Å²) in [5, 5.41) is 0.655. The number of fused-ring (bicyclic) bond motifs is 1. The van der Waals surface area contributed by atoms with Crippen molar-refractivity contribution < 1.29 is 22.7 Å². The number of amides is 1. The number of aromatic nitrogens is 2. The van der Waals surface area contributed by atoms with Gasteiger partial charge in [-0.3, -0.25) is 9.78 Å². The van der Waals surface area contributed by atoms with Gasteiger partial charge in [-0.25, -0.2) is 8.42 Å². The number of pyridine rings is 1. The second kappa shape index (κ2) is 10.1. The minimum absolute atomic E-state index is 0.0574. The number of hydrogen-bond acceptors (Lipinski definition) is 6. The van der Waals surface area contributed by atoms with Gasteiger partial charge in [-0.15, -0.1) is 0 Å². The number of hydrogen-bond donors (Lipinski definition) is 2. The molecule has 3 heterocycles. The summed E-state index contributed by atoms with van der Waals surface area (Å²) >= 11 is 6.12. The van der Waals surface area contributed by atoms with E-state index in [1.165, 1.54) is 10.4 Å². The highest BCUT2D eigenvalue weighted by atomic mass is 35.5. The van der Waals surface area contributed by atoms with E-state index in [4.69, 9.17) is 26.8 Å². The van der Waals surface area contributed by atoms with Crippen LogP contribution in [0.4, 0.5) is 0 Å². The van der Waals surface area contributed by atoms with Gasteiger partial charge in [0.2, 0.25) is 10.0 Å². The molecule has 1 fully saturated rings. The SMILES string of the molecule is Cc1cc(OCC2CN(S(=O)(=O)c3c(C(N)=O)[nH]c4ccc(Cl)cc34)CCO2)ccc1-c1ccncc1. The Hall–Kier alpha value is -3.44. The Morgan fingerprint density at radius 2 is 2.00 bits per heavy atom. The number of carbonyl (C=O) groups is 1. The number of aryl methyl sites for hydroxylation is 1. The number of halogens is 1. The lowest BCUT2D eigenvalue weighted by Crippen LogP contribution is -2.47. The number of ether oxygens (including phenoxy) is 2. The van der Waals surface area contributed by atoms with Crippen LogP contribution in [-0.4, -0.2) is 61.0 Å². The molecular formula is C26H25ClN4O5S. The Labute approximate surface area is 219 Å². The second-order valence-electron chi connectivity index (χ2n) is 8.76. The predicted octanol–water partition coefficient (Wildman–Crippen LogP) is 3.76. The Balaban J connectivity index is 1.33. The van der Waals surface area contributed by atoms with E-state index >= 15 is 0 Å². The maximum Gasteiger partial charge on any atom is 0.266 e. The van der Waals surface area contributed by atoms with Gasteiger partial charge >= 0.3 is 0 Å². The first-order valence-electron chi connectivity index (χ1n) is 11.6. The van der Waals surface area contributed by atoms with Gasteiger partial charge in [0.05, 0.1) is 6.61 Å². The van der Waals surface area contributed by atoms with Crippen LogP contribution in [0.1, 0.15) is 16.1 Å². The molecule has 37 heavy (non-hydrogen) atoms. The maximum atomic E-state index is 13.7. The first-order chi connectivity index (χ1) is 17.7. The number of nitrogens with zero attached hydrogens (tertiary/aromatic N) is 2. The van der Waals surface area contributed by atoms with Gasteiger partial charge in [0.1, 0.15) is 29.0 Å². The molecule has 0 aliphatic carbocycles. The van der Waals surface area contributed by atoms with E-state index in [0.717, 1.165) is 16.7 Å². The van der Waals surface area contributed by atoms with Gasteiger partial charge in [-0.05, 0) is 66.1 Å². The van der Waals surface area contributed by atoms with E-state index in [9.17, 15) is 13.2 Å². The summed E-state index contributed by atoms with van der Waals surface area (Å²) in [5.41, 5.74) is 8.95. The Kier molecular flexibility index (Phi) is 6.91. The second-order valence-corrected chi connectivity index (χ2v) is 11.1. The Morgan fingerprint density at radius 3 is 2.73 bits per heavy atom. The topological polar surface area (TPSA) is 128 Å². The molecule has 1 unspecified atom stereocenters. The normalized spacial score (nSPS) is 16.6. The molecular weight excluding hydrogens is 516 g/mol. The fourth-order valence-electron chi connectivity index (χ4n) is 4.49. The van der Waals surface area contributed by atoms with E-state index in [0.29, 0.717) is 21.7 Å². The number of benzene rings is 2. The largest absolute Gasteiger partial charge is 0.491 e. The van der Waals surface area contributed by atoms with Gasteiger partial charge in [0.15, 0.2) is 0 Å². The van der Waals surface area contributed by atoms with Gasteiger partial charge in [0, 0.05) is 41.4 Å². The standard InChI is InChI=1S/C26H25ClN4O5S/c1-16-12-19(3-4-21(16)17-6-8-29-9-7-17)36-15-20-14-31(10-11-35-20)37(33,34)25-22-13-18(27)2-5-23(22)30-24(25)26(28)32/h2-9,12-13,20,30H,10-11,14-15H2,1H3,(H2,28,32). The minimum atomic E-state index is -4.09. The lowest BCUT2D eigenvalue weighted by Gasteiger charge is -2.32. The first-order valence-corrected chi connectivity index (χ1v) is 13.4. The molecule has 1 saturated heterocycles. The molecule has 11 heteroatoms. The van der Waals surface area contributed by atoms with Crippen LogP contribution < -0.4 is 10.5 Å². The van der Waals surface area contributed by atoms with Crippen molar-refractivity contribution in [3.05, 3.63) is 77.2 Å². The van der Waals surface area contributed by atoms with Gasteiger partial charge in [-0.2, -0.15) is 4.31 Å². The van der Waals surface area contributed by atoms with Gasteiger partial charge in [0.25, 0.3) is 5.91 Å². The van der Waals surface area contributed by atoms with E-state index < -0.39 is 22.0 Å². The third kappa shape index (κ3) is 5.05. The third-order valence-corrected chi connectivity index (χ3v) is 8.47. The molecule has 192 valence electrons. The van der Waals surface area contributed by atoms with Crippen molar-refractivity contribution in [2.45, 2.75) is 17.9 Å². The molecule has 3 N–H and O–H groups in total. The minimum Gasteiger partial charge on any atom is -0.491 e. The van der Waals surface area contributed by atoms with Crippen molar-refractivity contribution in [3.8, 4) is 16.9 Å². The van der Waals surface area contributed by atoms with E-state index in [1.54, 1.807) is 24.5 Å². The molecule has 9 nitrogen and oxygen atoms in total. The average Bonchev–Trinajstić information content (AvgIpc) is 3.28. The van der Waals surface area contributed by atoms with Crippen LogP contribution >= 0.6 is 11.6 Å². The number of carbonyl (C=O) groups excluding carboxylic acids is 1. The lowest BCUT2D eigenvalue weighted by molar-refractivity contribution is -0.0249. The Bertz CT molecular complexity index is 1570. The molecule has 0 bridgehead atoms. The number of morpholine rings is 1. The van der Waals surface area contributed by atoms with Crippen molar-refractivity contribution in [2.24, 2.45) is 5.73 Å². The zero-order chi connectivity index (χ0) is 26.2. The third-order valence-electron chi connectivity index (χ3n) is 6.28. The number of primary amides is 1. The number of nitrogens with one attached hydrogen (secondary N) is 1. The number of nitrogens with two attached hydrogens (primary N) is 1. The number of rotatable bonds is 7. The number of aromatic amines is 1. The molecule has 1 atom stereocenters. The molecule has 2 aromatic carbocycles.